The van der Waals surface area contributed by atoms with Gasteiger partial charge in [-0.25, -0.2) is 39.9 Å². The molecular formula is C86H146IN20O18P6+. The van der Waals surface area contributed by atoms with E-state index in [0.29, 0.717) is 85.1 Å². The first-order chi connectivity index (χ1) is 60.4. The van der Waals surface area contributed by atoms with E-state index >= 15 is 0 Å². The van der Waals surface area contributed by atoms with Gasteiger partial charge in [-0.15, -0.1) is 79.1 Å². The van der Waals surface area contributed by atoms with Crippen molar-refractivity contribution in [1.82, 2.24) is 34.9 Å². The SMILES string of the molecule is C=C1N=C(N)C(C)=CN1C1O[C@H](CCP(=C)(C)C)[C@@H](O)[C@H]1O.C=C1N=C(N)C(I)=CN1C1O[C@H](CCP(=C)(C)C)[C@@H](O)[C@H]1O.C=C1N=C(N)C=CN1C1O[C@H](CCP(=C)(C)C)[C@@H](O)[C@H]1O.C=C1N=C(N)C=NN1C1O[C@H](CCP(=C)(C)C)[C@@H](O)[C@H]1O.C=C1N=c2[nH]c(C)cc2=CN1C1O[C@H](CCP(=C)(C)C)[C@@H](O)[C@H]1O.C=C1NC(N)=NC=[N+]1C1O[C@H](CCP(=C)(C)C)[C@@H](O)[C@H]1O. The summed E-state index contributed by atoms with van der Waals surface area (Å²) < 4.78 is 37.4. The van der Waals surface area contributed by atoms with Crippen molar-refractivity contribution in [1.29, 1.82) is 0 Å². The molecule has 131 heavy (non-hydrogen) atoms. The molecule has 1 aromatic rings. The number of H-pyrrole nitrogens is 1. The first-order valence-corrected chi connectivity index (χ1v) is 62.2. The third kappa shape index (κ3) is 30.7. The number of aliphatic imine (C=N–C) groups is 5. The number of fused-ring (bicyclic) bond motifs is 1. The lowest BCUT2D eigenvalue weighted by atomic mass is 10.1. The van der Waals surface area contributed by atoms with Crippen LogP contribution < -0.4 is 44.7 Å². The van der Waals surface area contributed by atoms with Crippen LogP contribution in [0.2, 0.25) is 0 Å². The Morgan fingerprint density at radius 1 is 0.412 bits per heavy atom. The summed E-state index contributed by atoms with van der Waals surface area (Å²) >= 11 is 2.06. The number of aromatic amines is 1. The number of aryl methyl sites for hydroxylation is 1. The molecule has 13 rings (SSSR count). The van der Waals surface area contributed by atoms with Crippen molar-refractivity contribution in [2.24, 2.45) is 63.7 Å². The van der Waals surface area contributed by atoms with Gasteiger partial charge in [0.1, 0.15) is 131 Å². The van der Waals surface area contributed by atoms with Crippen molar-refractivity contribution >= 4 is 150 Å². The Kier molecular flexibility index (Phi) is 38.3. The lowest BCUT2D eigenvalue weighted by molar-refractivity contribution is -0.578. The fourth-order valence-electron chi connectivity index (χ4n) is 15.0. The van der Waals surface area contributed by atoms with Gasteiger partial charge in [0.15, 0.2) is 31.1 Å². The van der Waals surface area contributed by atoms with Gasteiger partial charge in [0.2, 0.25) is 18.4 Å². The molecule has 12 aliphatic heterocycles. The average molecular weight is 2060 g/mol. The van der Waals surface area contributed by atoms with Crippen LogP contribution in [0.1, 0.15) is 51.1 Å². The van der Waals surface area contributed by atoms with Crippen molar-refractivity contribution in [2.45, 2.75) is 200 Å². The first kappa shape index (κ1) is 110. The largest absolute Gasteiger partial charge is 0.388 e. The summed E-state index contributed by atoms with van der Waals surface area (Å²) in [5.41, 5.74) is 30.7. The molecule has 0 radical (unpaired) electrons. The molecule has 13 heterocycles. The van der Waals surface area contributed by atoms with Crippen molar-refractivity contribution in [2.75, 3.05) is 117 Å². The molecular weight excluding hydrogens is 1910 g/mol. The number of nitrogens with two attached hydrogens (primary N) is 5. The van der Waals surface area contributed by atoms with Crippen LogP contribution in [0.5, 0.6) is 0 Å². The van der Waals surface area contributed by atoms with Gasteiger partial charge < -0.3 is 143 Å². The Morgan fingerprint density at radius 2 is 0.748 bits per heavy atom. The number of aliphatic hydroxyl groups is 12. The smallest absolute Gasteiger partial charge is 0.335 e. The van der Waals surface area contributed by atoms with E-state index in [-0.39, 0.29) is 17.6 Å². The maximum absolute atomic E-state index is 10.4. The highest BCUT2D eigenvalue weighted by Gasteiger charge is 2.52. The number of aromatic nitrogens is 1. The summed E-state index contributed by atoms with van der Waals surface area (Å²) in [6.07, 6.45) is 27.1. The molecule has 38 nitrogen and oxygen atoms in total. The zero-order chi connectivity index (χ0) is 98.3. The monoisotopic (exact) mass is 2060 g/mol. The van der Waals surface area contributed by atoms with Crippen molar-refractivity contribution in [3.63, 3.8) is 0 Å². The van der Waals surface area contributed by atoms with Gasteiger partial charge >= 0.3 is 5.96 Å². The number of nitrogens with one attached hydrogen (secondary N) is 2. The summed E-state index contributed by atoms with van der Waals surface area (Å²) in [4.78, 5) is 34.3. The number of hydrazone groups is 1. The van der Waals surface area contributed by atoms with Gasteiger partial charge in [-0.1, -0.05) is 37.9 Å². The topological polar surface area (TPSA) is 562 Å². The molecule has 0 amide bonds. The minimum absolute atomic E-state index is 0.226. The lowest BCUT2D eigenvalue weighted by Crippen LogP contribution is -2.46. The quantitative estimate of drug-likeness (QED) is 0.0377. The van der Waals surface area contributed by atoms with Crippen LogP contribution in [-0.2, 0) is 28.4 Å². The van der Waals surface area contributed by atoms with Gasteiger partial charge in [0, 0.05) is 41.3 Å². The molecule has 24 N–H and O–H groups in total. The van der Waals surface area contributed by atoms with E-state index in [9.17, 15) is 61.3 Å². The number of halogens is 1. The fourth-order valence-corrected chi connectivity index (χ4v) is 21.2. The fraction of sp³-hybridized carbons (Fsp3) is 0.581. The summed E-state index contributed by atoms with van der Waals surface area (Å²) in [5, 5.41) is 132. The van der Waals surface area contributed by atoms with Crippen molar-refractivity contribution in [3.05, 3.63) is 131 Å². The van der Waals surface area contributed by atoms with E-state index in [1.165, 1.54) is 22.1 Å². The Balaban J connectivity index is 0.000000194. The van der Waals surface area contributed by atoms with E-state index in [4.69, 9.17) is 57.1 Å². The highest BCUT2D eigenvalue weighted by atomic mass is 127. The third-order valence-electron chi connectivity index (χ3n) is 22.6. The van der Waals surface area contributed by atoms with Gasteiger partial charge in [-0.05, 0) is 211 Å². The third-order valence-corrected chi connectivity index (χ3v) is 32.2. The molecule has 0 saturated carbocycles. The highest BCUT2D eigenvalue weighted by molar-refractivity contribution is 14.1. The second-order valence-electron chi connectivity index (χ2n) is 38.5. The minimum Gasteiger partial charge on any atom is -0.388 e. The average Bonchev–Trinajstić information content (AvgIpc) is 1.72. The Morgan fingerprint density at radius 3 is 1.14 bits per heavy atom. The number of amidine groups is 4. The molecule has 45 heteroatoms. The number of guanidine groups is 1. The molecule has 24 atom stereocenters. The Hall–Kier alpha value is -6.09. The van der Waals surface area contributed by atoms with Crippen LogP contribution >= 0.6 is 63.9 Å². The van der Waals surface area contributed by atoms with E-state index in [1.807, 2.05) is 26.1 Å². The molecule has 6 unspecified atom stereocenters. The second kappa shape index (κ2) is 45.5. The zero-order valence-corrected chi connectivity index (χ0v) is 85.5. The molecule has 6 fully saturated rings. The number of hydrogen-bond donors (Lipinski definition) is 19. The molecule has 1 aromatic heterocycles. The number of aliphatic hydroxyl groups excluding tert-OH is 12. The summed E-state index contributed by atoms with van der Waals surface area (Å²) in [6.45, 7) is 45.1. The van der Waals surface area contributed by atoms with E-state index in [1.54, 1.807) is 44.3 Å². The van der Waals surface area contributed by atoms with E-state index < -0.39 is 189 Å². The predicted octanol–water partition coefficient (Wildman–Crippen LogP) is 0.361. The van der Waals surface area contributed by atoms with Crippen LogP contribution in [0.4, 0.5) is 0 Å². The van der Waals surface area contributed by atoms with Gasteiger partial charge in [-0.3, -0.25) is 0 Å². The van der Waals surface area contributed by atoms with Crippen LogP contribution in [-0.4, -0.2) is 439 Å². The van der Waals surface area contributed by atoms with E-state index in [2.05, 4.69) is 225 Å². The maximum atomic E-state index is 10.4. The summed E-state index contributed by atoms with van der Waals surface area (Å²) in [5.74, 6) is 3.97. The van der Waals surface area contributed by atoms with Crippen molar-refractivity contribution < 1.29 is 94.3 Å². The Bertz CT molecular complexity index is 4940. The Labute approximate surface area is 785 Å². The van der Waals surface area contributed by atoms with Crippen molar-refractivity contribution in [3.8, 4) is 0 Å². The van der Waals surface area contributed by atoms with Crippen LogP contribution in [0.3, 0.4) is 0 Å². The molecule has 0 aromatic carbocycles. The van der Waals surface area contributed by atoms with Gasteiger partial charge in [0.25, 0.3) is 0 Å². The first-order valence-electron chi connectivity index (χ1n) is 42.8. The normalized spacial score (nSPS) is 32.6. The number of ether oxygens (including phenoxy) is 6. The van der Waals surface area contributed by atoms with Gasteiger partial charge in [0.05, 0.1) is 46.4 Å². The molecule has 6 saturated heterocycles. The minimum atomic E-state index is -1.21. The highest BCUT2D eigenvalue weighted by Crippen LogP contribution is 2.46. The number of nitrogens with zero attached hydrogens (tertiary/aromatic N) is 13. The van der Waals surface area contributed by atoms with Crippen LogP contribution in [0, 0.1) is 6.92 Å². The summed E-state index contributed by atoms with van der Waals surface area (Å²) in [7, 11) is 0. The van der Waals surface area contributed by atoms with Crippen LogP contribution in [0.15, 0.2) is 149 Å². The van der Waals surface area contributed by atoms with Crippen LogP contribution in [0.25, 0.3) is 6.20 Å². The molecule has 734 valence electrons. The second-order valence-corrected chi connectivity index (χ2v) is 65.6. The lowest BCUT2D eigenvalue weighted by Gasteiger charge is -2.31. The molecule has 12 aliphatic rings. The molecule has 0 bridgehead atoms. The maximum Gasteiger partial charge on any atom is 0.335 e. The van der Waals surface area contributed by atoms with Gasteiger partial charge in [-0.2, -0.15) is 5.10 Å². The standard InChI is InChI=1S/C17H26N3O3P.C15H26N3O3P.C14H23IN3O3P.C14H24N3O3P.2C13H23N4O3P/c1-10-8-12-9-20(11(2)19-16(12)18-10)17-15(22)14(21)13(23-17)6-7-24(3,4)5;1-9-8-18(10(2)17-14(9)16)15-13(20)12(19)11(21-15)6-7-22(3,4)5;1-8-17-13(16)9(15)7-18(8)14-12(20)11(19)10(21-14)5-6-22(2,3)4;1-9-16-11(15)5-7-17(9)14-13(19)12(18)10(20-14)6-8-21(2,3)4;1-8-16-13(14)15-7-17(8)12-11(19)10(18)9(20-12)5-6-21(2,3)4;1-8-16-10(14)7-15-17(8)13-12(19)11(18)9(20-13)5-6-21(2,3)4/h8-9,13-15,17,21-22H,2-3,6-7H2,1,4-5H3,(H,18,19);8,11-13,15,19-20H,2-3,6-7H2,1,4-5H3,(H2,16,17);7,10-12,14,19-20H,1-2,5-6H2,3-4H3,(H2,16,17);5,7,10,12-14,18-19H,1-2,6,8H2,3-4H3,(H2,15,16);7,9-12,18-19H,1-2,5-6H2,3-4H3,(H2,14,16);7,9,11-13,18-19H,1-2,5-6H2,3-4H3,(H2,14,16)/p+1/t13-,14-,15-,17?;11-,12-,13-,15?;10-,11-,12-,14?;10-,12-,13-,14?;9-,10-,11-,12?;9-,11-,12-,13?/m111111/s1. The number of rotatable bonds is 24. The molecule has 0 aliphatic carbocycles. The predicted molar refractivity (Wildman–Crippen MR) is 552 cm³/mol. The number of hydrogen-bond acceptors (Lipinski definition) is 36. The van der Waals surface area contributed by atoms with E-state index in [0.717, 1.165) is 62.5 Å². The molecule has 0 spiro atoms. The zero-order valence-electron chi connectivity index (χ0n) is 78.0. The summed E-state index contributed by atoms with van der Waals surface area (Å²) in [6, 6.07) is 1.98.